The molecule has 18 heavy (non-hydrogen) atoms. The first-order valence-electron chi connectivity index (χ1n) is 5.64. The third-order valence-electron chi connectivity index (χ3n) is 3.11. The molecule has 0 atom stereocenters. The molecule has 2 aromatic rings. The van der Waals surface area contributed by atoms with E-state index in [1.165, 1.54) is 0 Å². The highest BCUT2D eigenvalue weighted by molar-refractivity contribution is 6.33. The number of hydrogen-bond donors (Lipinski definition) is 0. The van der Waals surface area contributed by atoms with Crippen molar-refractivity contribution in [3.05, 3.63) is 40.9 Å². The molecule has 0 saturated heterocycles. The quantitative estimate of drug-likeness (QED) is 0.774. The van der Waals surface area contributed by atoms with Crippen LogP contribution in [0.2, 0.25) is 5.02 Å². The lowest BCUT2D eigenvalue weighted by atomic mass is 10.2. The number of carbonyl (C=O) groups is 1. The highest BCUT2D eigenvalue weighted by Crippen LogP contribution is 2.25. The van der Waals surface area contributed by atoms with E-state index in [1.54, 1.807) is 12.4 Å². The Hall–Kier alpha value is -1.88. The van der Waals surface area contributed by atoms with E-state index in [2.05, 4.69) is 15.1 Å². The van der Waals surface area contributed by atoms with Crippen LogP contribution in [0, 0.1) is 0 Å². The SMILES string of the molecule is O=Cc1ccc(N2CCn3cnnc3C2)cc1Cl. The van der Waals surface area contributed by atoms with Crippen molar-refractivity contribution in [3.63, 3.8) is 0 Å². The molecule has 0 unspecified atom stereocenters. The van der Waals surface area contributed by atoms with E-state index in [-0.39, 0.29) is 0 Å². The van der Waals surface area contributed by atoms with Gasteiger partial charge in [-0.3, -0.25) is 4.79 Å². The van der Waals surface area contributed by atoms with Gasteiger partial charge in [0.25, 0.3) is 0 Å². The number of halogens is 1. The van der Waals surface area contributed by atoms with Gasteiger partial charge in [-0.2, -0.15) is 0 Å². The number of aromatic nitrogens is 3. The summed E-state index contributed by atoms with van der Waals surface area (Å²) in [4.78, 5) is 12.9. The molecule has 0 spiro atoms. The Kier molecular flexibility index (Phi) is 2.76. The fraction of sp³-hybridized carbons (Fsp3) is 0.250. The molecule has 0 saturated carbocycles. The van der Waals surface area contributed by atoms with Crippen molar-refractivity contribution in [2.24, 2.45) is 0 Å². The molecule has 0 amide bonds. The number of hydrogen-bond acceptors (Lipinski definition) is 4. The van der Waals surface area contributed by atoms with Gasteiger partial charge in [-0.25, -0.2) is 0 Å². The molecule has 1 aromatic heterocycles. The molecule has 2 heterocycles. The molecular weight excluding hydrogens is 252 g/mol. The van der Waals surface area contributed by atoms with Crippen molar-refractivity contribution in [1.82, 2.24) is 14.8 Å². The smallest absolute Gasteiger partial charge is 0.152 e. The molecule has 0 N–H and O–H groups in total. The number of aldehydes is 1. The zero-order chi connectivity index (χ0) is 12.5. The van der Waals surface area contributed by atoms with Gasteiger partial charge in [0.15, 0.2) is 12.1 Å². The Morgan fingerprint density at radius 2 is 2.22 bits per heavy atom. The van der Waals surface area contributed by atoms with Crippen LogP contribution >= 0.6 is 11.6 Å². The molecule has 6 heteroatoms. The van der Waals surface area contributed by atoms with Crippen LogP contribution in [0.25, 0.3) is 0 Å². The summed E-state index contributed by atoms with van der Waals surface area (Å²) in [5.74, 6) is 0.942. The lowest BCUT2D eigenvalue weighted by Gasteiger charge is -2.29. The Morgan fingerprint density at radius 3 is 3.00 bits per heavy atom. The summed E-state index contributed by atoms with van der Waals surface area (Å²) in [6, 6.07) is 5.46. The first kappa shape index (κ1) is 11.2. The summed E-state index contributed by atoms with van der Waals surface area (Å²) in [7, 11) is 0. The van der Waals surface area contributed by atoms with Gasteiger partial charge in [-0.15, -0.1) is 10.2 Å². The van der Waals surface area contributed by atoms with Crippen molar-refractivity contribution in [1.29, 1.82) is 0 Å². The minimum absolute atomic E-state index is 0.481. The molecule has 0 bridgehead atoms. The zero-order valence-corrected chi connectivity index (χ0v) is 10.3. The van der Waals surface area contributed by atoms with E-state index >= 15 is 0 Å². The number of carbonyl (C=O) groups excluding carboxylic acids is 1. The fourth-order valence-electron chi connectivity index (χ4n) is 2.10. The predicted molar refractivity (Wildman–Crippen MR) is 67.9 cm³/mol. The standard InChI is InChI=1S/C12H11ClN4O/c13-11-5-10(2-1-9(11)7-18)16-3-4-17-8-14-15-12(17)6-16/h1-2,5,7-8H,3-4,6H2. The Bertz CT molecular complexity index is 596. The van der Waals surface area contributed by atoms with Gasteiger partial charge < -0.3 is 9.47 Å². The summed E-state index contributed by atoms with van der Waals surface area (Å²) >= 11 is 6.04. The van der Waals surface area contributed by atoms with E-state index in [4.69, 9.17) is 11.6 Å². The highest BCUT2D eigenvalue weighted by atomic mass is 35.5. The predicted octanol–water partition coefficient (Wildman–Crippen LogP) is 1.76. The first-order chi connectivity index (χ1) is 8.78. The maximum atomic E-state index is 10.7. The van der Waals surface area contributed by atoms with E-state index in [0.29, 0.717) is 17.1 Å². The topological polar surface area (TPSA) is 51.0 Å². The minimum atomic E-state index is 0.481. The number of fused-ring (bicyclic) bond motifs is 1. The molecule has 0 fully saturated rings. The van der Waals surface area contributed by atoms with Gasteiger partial charge in [0.2, 0.25) is 0 Å². The van der Waals surface area contributed by atoms with Gasteiger partial charge in [0.05, 0.1) is 11.6 Å². The van der Waals surface area contributed by atoms with Crippen molar-refractivity contribution >= 4 is 23.6 Å². The fourth-order valence-corrected chi connectivity index (χ4v) is 2.31. The third-order valence-corrected chi connectivity index (χ3v) is 3.44. The second kappa shape index (κ2) is 4.42. The summed E-state index contributed by atoms with van der Waals surface area (Å²) < 4.78 is 2.04. The monoisotopic (exact) mass is 262 g/mol. The first-order valence-corrected chi connectivity index (χ1v) is 6.02. The Labute approximate surface area is 109 Å². The van der Waals surface area contributed by atoms with Crippen LogP contribution in [-0.4, -0.2) is 27.6 Å². The molecule has 3 rings (SSSR count). The van der Waals surface area contributed by atoms with Gasteiger partial charge in [-0.1, -0.05) is 11.6 Å². The molecule has 5 nitrogen and oxygen atoms in total. The molecular formula is C12H11ClN4O. The van der Waals surface area contributed by atoms with E-state index in [9.17, 15) is 4.79 Å². The average Bonchev–Trinajstić information content (AvgIpc) is 2.85. The largest absolute Gasteiger partial charge is 0.362 e. The van der Waals surface area contributed by atoms with Crippen LogP contribution in [0.15, 0.2) is 24.5 Å². The minimum Gasteiger partial charge on any atom is -0.362 e. The summed E-state index contributed by atoms with van der Waals surface area (Å²) in [5.41, 5.74) is 1.51. The van der Waals surface area contributed by atoms with Gasteiger partial charge in [-0.05, 0) is 18.2 Å². The molecule has 1 aliphatic heterocycles. The number of benzene rings is 1. The van der Waals surface area contributed by atoms with Crippen LogP contribution < -0.4 is 4.90 Å². The second-order valence-corrected chi connectivity index (χ2v) is 4.59. The Morgan fingerprint density at radius 1 is 1.33 bits per heavy atom. The van der Waals surface area contributed by atoms with Crippen molar-refractivity contribution in [2.75, 3.05) is 11.4 Å². The molecule has 92 valence electrons. The highest BCUT2D eigenvalue weighted by Gasteiger charge is 2.18. The van der Waals surface area contributed by atoms with Gasteiger partial charge in [0, 0.05) is 24.3 Å². The lowest BCUT2D eigenvalue weighted by Crippen LogP contribution is -2.33. The van der Waals surface area contributed by atoms with Crippen molar-refractivity contribution in [3.8, 4) is 0 Å². The molecule has 0 radical (unpaired) electrons. The molecule has 1 aliphatic rings. The van der Waals surface area contributed by atoms with Crippen molar-refractivity contribution in [2.45, 2.75) is 13.1 Å². The normalized spacial score (nSPS) is 14.4. The van der Waals surface area contributed by atoms with E-state index < -0.39 is 0 Å². The van der Waals surface area contributed by atoms with Crippen LogP contribution in [0.3, 0.4) is 0 Å². The zero-order valence-electron chi connectivity index (χ0n) is 9.58. The third kappa shape index (κ3) is 1.86. The van der Waals surface area contributed by atoms with Gasteiger partial charge in [0.1, 0.15) is 6.33 Å². The summed E-state index contributed by atoms with van der Waals surface area (Å²) in [5, 5.41) is 8.44. The molecule has 1 aromatic carbocycles. The lowest BCUT2D eigenvalue weighted by molar-refractivity contribution is 0.112. The summed E-state index contributed by atoms with van der Waals surface area (Å²) in [6.07, 6.45) is 2.51. The van der Waals surface area contributed by atoms with Crippen LogP contribution in [0.4, 0.5) is 5.69 Å². The Balaban J connectivity index is 1.88. The van der Waals surface area contributed by atoms with E-state index in [0.717, 1.165) is 30.9 Å². The van der Waals surface area contributed by atoms with Crippen molar-refractivity contribution < 1.29 is 4.79 Å². The number of rotatable bonds is 2. The maximum Gasteiger partial charge on any atom is 0.152 e. The maximum absolute atomic E-state index is 10.7. The van der Waals surface area contributed by atoms with Crippen LogP contribution in [0.5, 0.6) is 0 Å². The van der Waals surface area contributed by atoms with E-state index in [1.807, 2.05) is 16.7 Å². The second-order valence-electron chi connectivity index (χ2n) is 4.19. The van der Waals surface area contributed by atoms with Crippen LogP contribution in [0.1, 0.15) is 16.2 Å². The average molecular weight is 263 g/mol. The summed E-state index contributed by atoms with van der Waals surface area (Å²) in [6.45, 7) is 2.44. The van der Waals surface area contributed by atoms with Crippen LogP contribution in [-0.2, 0) is 13.1 Å². The number of anilines is 1. The molecule has 0 aliphatic carbocycles. The van der Waals surface area contributed by atoms with Gasteiger partial charge >= 0.3 is 0 Å². The number of nitrogens with zero attached hydrogens (tertiary/aromatic N) is 4.